The Labute approximate surface area is 176 Å². The van der Waals surface area contributed by atoms with Gasteiger partial charge in [0, 0.05) is 22.6 Å². The Kier molecular flexibility index (Phi) is 6.03. The number of aromatic nitrogens is 1. The van der Waals surface area contributed by atoms with E-state index in [0.717, 1.165) is 0 Å². The van der Waals surface area contributed by atoms with Gasteiger partial charge in [0.1, 0.15) is 11.6 Å². The number of carboxylic acid groups (broad SMARTS) is 1. The first-order chi connectivity index (χ1) is 13.9. The maximum absolute atomic E-state index is 12.5. The largest absolute Gasteiger partial charge is 0.478 e. The summed E-state index contributed by atoms with van der Waals surface area (Å²) >= 11 is 11.9. The molecule has 6 nitrogen and oxygen atoms in total. The monoisotopic (exact) mass is 425 g/mol. The Hall–Kier alpha value is -3.53. The Morgan fingerprint density at radius 2 is 1.83 bits per heavy atom. The van der Waals surface area contributed by atoms with Crippen LogP contribution >= 0.6 is 23.2 Å². The Morgan fingerprint density at radius 3 is 2.45 bits per heavy atom. The topological polar surface area (TPSA) is 95.1 Å². The first-order valence-electron chi connectivity index (χ1n) is 8.28. The van der Waals surface area contributed by atoms with Crippen molar-refractivity contribution in [3.8, 4) is 11.8 Å². The number of carbonyl (C=O) groups is 2. The molecule has 0 aliphatic carbocycles. The van der Waals surface area contributed by atoms with Crippen LogP contribution in [-0.4, -0.2) is 21.6 Å². The van der Waals surface area contributed by atoms with Crippen LogP contribution in [-0.2, 0) is 4.79 Å². The van der Waals surface area contributed by atoms with Crippen LogP contribution in [0.15, 0.2) is 66.4 Å². The molecule has 0 aliphatic heterocycles. The Balaban J connectivity index is 1.88. The lowest BCUT2D eigenvalue weighted by atomic mass is 10.2. The molecule has 8 heteroatoms. The van der Waals surface area contributed by atoms with E-state index >= 15 is 0 Å². The summed E-state index contributed by atoms with van der Waals surface area (Å²) in [7, 11) is 0. The van der Waals surface area contributed by atoms with Crippen LogP contribution in [0.4, 0.5) is 5.69 Å². The average Bonchev–Trinajstić information content (AvgIpc) is 3.16. The fourth-order valence-electron chi connectivity index (χ4n) is 2.59. The van der Waals surface area contributed by atoms with Gasteiger partial charge < -0.3 is 15.0 Å². The highest BCUT2D eigenvalue weighted by Gasteiger charge is 2.13. The van der Waals surface area contributed by atoms with Crippen LogP contribution in [0.5, 0.6) is 0 Å². The lowest BCUT2D eigenvalue weighted by Crippen LogP contribution is -2.14. The summed E-state index contributed by atoms with van der Waals surface area (Å²) in [5.74, 6) is -1.64. The summed E-state index contributed by atoms with van der Waals surface area (Å²) in [5.41, 5.74) is 1.63. The van der Waals surface area contributed by atoms with Gasteiger partial charge in [-0.2, -0.15) is 5.26 Å². The number of aromatic carboxylic acids is 1. The van der Waals surface area contributed by atoms with Crippen molar-refractivity contribution in [2.75, 3.05) is 5.32 Å². The third-order valence-corrected chi connectivity index (χ3v) is 4.56. The molecule has 0 saturated heterocycles. The number of nitriles is 1. The van der Waals surface area contributed by atoms with Crippen molar-refractivity contribution in [2.24, 2.45) is 0 Å². The predicted octanol–water partition coefficient (Wildman–Crippen LogP) is 5.03. The Bertz CT molecular complexity index is 1160. The van der Waals surface area contributed by atoms with Crippen LogP contribution in [0.25, 0.3) is 11.8 Å². The number of amides is 1. The normalized spacial score (nSPS) is 11.0. The highest BCUT2D eigenvalue weighted by atomic mass is 35.5. The molecule has 0 spiro atoms. The van der Waals surface area contributed by atoms with Gasteiger partial charge in [-0.25, -0.2) is 4.79 Å². The van der Waals surface area contributed by atoms with Crippen LogP contribution in [0.1, 0.15) is 16.1 Å². The van der Waals surface area contributed by atoms with Gasteiger partial charge in [0.15, 0.2) is 0 Å². The van der Waals surface area contributed by atoms with Gasteiger partial charge in [-0.05, 0) is 60.7 Å². The molecule has 1 amide bonds. The van der Waals surface area contributed by atoms with Gasteiger partial charge in [0.2, 0.25) is 0 Å². The highest BCUT2D eigenvalue weighted by molar-refractivity contribution is 6.36. The molecule has 1 heterocycles. The predicted molar refractivity (Wildman–Crippen MR) is 111 cm³/mol. The summed E-state index contributed by atoms with van der Waals surface area (Å²) in [4.78, 5) is 23.5. The SMILES string of the molecule is N#C/C(=C/c1cccn1-c1ccc(C(=O)O)cc1)C(=O)Nc1ccc(Cl)cc1Cl. The van der Waals surface area contributed by atoms with E-state index in [2.05, 4.69) is 5.32 Å². The van der Waals surface area contributed by atoms with Crippen LogP contribution in [0, 0.1) is 11.3 Å². The number of nitrogens with zero attached hydrogens (tertiary/aromatic N) is 2. The number of benzene rings is 2. The average molecular weight is 426 g/mol. The van der Waals surface area contributed by atoms with Crippen molar-refractivity contribution in [1.82, 2.24) is 4.57 Å². The molecule has 0 atom stereocenters. The first-order valence-corrected chi connectivity index (χ1v) is 9.04. The zero-order valence-corrected chi connectivity index (χ0v) is 16.3. The van der Waals surface area contributed by atoms with Gasteiger partial charge in [-0.3, -0.25) is 4.79 Å². The quantitative estimate of drug-likeness (QED) is 0.442. The fraction of sp³-hybridized carbons (Fsp3) is 0. The van der Waals surface area contributed by atoms with Crippen molar-refractivity contribution in [3.05, 3.63) is 87.7 Å². The fourth-order valence-corrected chi connectivity index (χ4v) is 3.04. The lowest BCUT2D eigenvalue weighted by molar-refractivity contribution is -0.112. The number of nitrogens with one attached hydrogen (secondary N) is 1. The molecule has 3 aromatic rings. The van der Waals surface area contributed by atoms with Crippen LogP contribution in [0.3, 0.4) is 0 Å². The van der Waals surface area contributed by atoms with E-state index in [1.165, 1.54) is 24.3 Å². The molecular formula is C21H13Cl2N3O3. The maximum Gasteiger partial charge on any atom is 0.335 e. The smallest absolute Gasteiger partial charge is 0.335 e. The number of hydrogen-bond donors (Lipinski definition) is 2. The highest BCUT2D eigenvalue weighted by Crippen LogP contribution is 2.26. The maximum atomic E-state index is 12.5. The van der Waals surface area contributed by atoms with Crippen LogP contribution < -0.4 is 5.32 Å². The number of rotatable bonds is 5. The second kappa shape index (κ2) is 8.65. The first kappa shape index (κ1) is 20.2. The number of halogens is 2. The molecule has 2 N–H and O–H groups in total. The number of carbonyl (C=O) groups excluding carboxylic acids is 1. The Morgan fingerprint density at radius 1 is 1.10 bits per heavy atom. The van der Waals surface area contributed by atoms with E-state index in [4.69, 9.17) is 28.3 Å². The molecule has 0 saturated carbocycles. The summed E-state index contributed by atoms with van der Waals surface area (Å²) in [5, 5.41) is 21.7. The third-order valence-electron chi connectivity index (χ3n) is 4.01. The van der Waals surface area contributed by atoms with Gasteiger partial charge in [-0.15, -0.1) is 0 Å². The lowest BCUT2D eigenvalue weighted by Gasteiger charge is -2.09. The van der Waals surface area contributed by atoms with E-state index in [-0.39, 0.29) is 16.2 Å². The van der Waals surface area contributed by atoms with Crippen molar-refractivity contribution in [2.45, 2.75) is 0 Å². The van der Waals surface area contributed by atoms with E-state index in [9.17, 15) is 14.9 Å². The van der Waals surface area contributed by atoms with E-state index in [1.54, 1.807) is 47.2 Å². The summed E-state index contributed by atoms with van der Waals surface area (Å²) in [6.45, 7) is 0. The number of hydrogen-bond acceptors (Lipinski definition) is 3. The minimum absolute atomic E-state index is 0.127. The van der Waals surface area contributed by atoms with E-state index in [0.29, 0.717) is 22.1 Å². The molecule has 0 aliphatic rings. The van der Waals surface area contributed by atoms with Gasteiger partial charge in [0.25, 0.3) is 5.91 Å². The van der Waals surface area contributed by atoms with Crippen molar-refractivity contribution >= 4 is 46.8 Å². The zero-order chi connectivity index (χ0) is 21.0. The van der Waals surface area contributed by atoms with Crippen molar-refractivity contribution in [3.63, 3.8) is 0 Å². The van der Waals surface area contributed by atoms with Crippen molar-refractivity contribution in [1.29, 1.82) is 5.26 Å². The molecular weight excluding hydrogens is 413 g/mol. The summed E-state index contributed by atoms with van der Waals surface area (Å²) in [6, 6.07) is 16.2. The molecule has 0 radical (unpaired) electrons. The molecule has 0 fully saturated rings. The molecule has 1 aromatic heterocycles. The minimum atomic E-state index is -1.02. The van der Waals surface area contributed by atoms with E-state index < -0.39 is 11.9 Å². The summed E-state index contributed by atoms with van der Waals surface area (Å²) < 4.78 is 1.73. The van der Waals surface area contributed by atoms with Crippen LogP contribution in [0.2, 0.25) is 10.0 Å². The second-order valence-electron chi connectivity index (χ2n) is 5.90. The van der Waals surface area contributed by atoms with Gasteiger partial charge >= 0.3 is 5.97 Å². The van der Waals surface area contributed by atoms with E-state index in [1.807, 2.05) is 6.07 Å². The third kappa shape index (κ3) is 4.66. The molecule has 29 heavy (non-hydrogen) atoms. The zero-order valence-electron chi connectivity index (χ0n) is 14.8. The van der Waals surface area contributed by atoms with Gasteiger partial charge in [0.05, 0.1) is 16.3 Å². The molecule has 3 rings (SSSR count). The summed E-state index contributed by atoms with van der Waals surface area (Å²) in [6.07, 6.45) is 3.18. The molecule has 0 unspecified atom stereocenters. The minimum Gasteiger partial charge on any atom is -0.478 e. The van der Waals surface area contributed by atoms with Crippen molar-refractivity contribution < 1.29 is 14.7 Å². The second-order valence-corrected chi connectivity index (χ2v) is 6.75. The number of anilines is 1. The number of carboxylic acids is 1. The standard InChI is InChI=1S/C21H13Cl2N3O3/c22-15-5-8-19(18(23)11-15)25-20(27)14(12-24)10-17-2-1-9-26(17)16-6-3-13(4-7-16)21(28)29/h1-11H,(H,25,27)(H,28,29)/b14-10-. The van der Waals surface area contributed by atoms with Gasteiger partial charge in [-0.1, -0.05) is 23.2 Å². The molecule has 2 aromatic carbocycles. The molecule has 0 bridgehead atoms. The molecule has 144 valence electrons.